The van der Waals surface area contributed by atoms with Crippen LogP contribution in [0.5, 0.6) is 5.75 Å². The van der Waals surface area contributed by atoms with Gasteiger partial charge in [0.15, 0.2) is 5.75 Å². The van der Waals surface area contributed by atoms with E-state index < -0.39 is 0 Å². The van der Waals surface area contributed by atoms with Crippen LogP contribution in [-0.2, 0) is 0 Å². The van der Waals surface area contributed by atoms with Gasteiger partial charge >= 0.3 is 0 Å². The van der Waals surface area contributed by atoms with E-state index in [1.807, 2.05) is 18.2 Å². The Hall–Kier alpha value is -0.440. The summed E-state index contributed by atoms with van der Waals surface area (Å²) in [4.78, 5) is 0. The molecule has 0 bridgehead atoms. The maximum atomic E-state index is 6.40. The molecule has 1 heterocycles. The van der Waals surface area contributed by atoms with Crippen molar-refractivity contribution in [2.24, 2.45) is 11.8 Å². The molecule has 4 heteroatoms. The van der Waals surface area contributed by atoms with E-state index in [1.165, 1.54) is 38.5 Å². The lowest BCUT2D eigenvalue weighted by atomic mass is 9.80. The van der Waals surface area contributed by atoms with Crippen LogP contribution in [0, 0.1) is 11.8 Å². The first-order valence-corrected chi connectivity index (χ1v) is 8.82. The van der Waals surface area contributed by atoms with E-state index in [-0.39, 0.29) is 6.10 Å². The van der Waals surface area contributed by atoms with E-state index in [0.717, 1.165) is 13.1 Å². The number of nitrogens with one attached hydrogen (secondary N) is 1. The third kappa shape index (κ3) is 3.67. The van der Waals surface area contributed by atoms with E-state index in [0.29, 0.717) is 27.6 Å². The molecule has 1 aromatic carbocycles. The highest BCUT2D eigenvalue weighted by Gasteiger charge is 2.34. The molecule has 1 unspecified atom stereocenters. The maximum absolute atomic E-state index is 6.40. The average Bonchev–Trinajstić information content (AvgIpc) is 3.02. The third-order valence-electron chi connectivity index (χ3n) is 4.85. The largest absolute Gasteiger partial charge is 0.487 e. The van der Waals surface area contributed by atoms with E-state index in [2.05, 4.69) is 5.32 Å². The Labute approximate surface area is 137 Å². The van der Waals surface area contributed by atoms with Gasteiger partial charge in [-0.05, 0) is 43.9 Å². The van der Waals surface area contributed by atoms with Crippen molar-refractivity contribution in [3.63, 3.8) is 0 Å². The summed E-state index contributed by atoms with van der Waals surface area (Å²) < 4.78 is 6.40. The number of halogens is 2. The number of hydrogen-bond donors (Lipinski definition) is 1. The summed E-state index contributed by atoms with van der Waals surface area (Å²) >= 11 is 12.6. The van der Waals surface area contributed by atoms with E-state index >= 15 is 0 Å². The van der Waals surface area contributed by atoms with Gasteiger partial charge in [0.2, 0.25) is 0 Å². The van der Waals surface area contributed by atoms with E-state index in [1.54, 1.807) is 0 Å². The molecule has 116 valence electrons. The van der Waals surface area contributed by atoms with Crippen LogP contribution in [0.1, 0.15) is 38.5 Å². The monoisotopic (exact) mass is 327 g/mol. The topological polar surface area (TPSA) is 21.3 Å². The second kappa shape index (κ2) is 7.21. The Kier molecular flexibility index (Phi) is 5.31. The molecule has 1 aromatic rings. The molecule has 0 radical (unpaired) electrons. The lowest BCUT2D eigenvalue weighted by molar-refractivity contribution is 0.0623. The normalized spacial score (nSPS) is 25.0. The van der Waals surface area contributed by atoms with Crippen LogP contribution in [0.15, 0.2) is 18.2 Å². The Balaban J connectivity index is 1.80. The minimum atomic E-state index is 0.234. The Morgan fingerprint density at radius 1 is 1.00 bits per heavy atom. The predicted octanol–water partition coefficient (Wildman–Crippen LogP) is 4.93. The molecule has 1 aliphatic heterocycles. The van der Waals surface area contributed by atoms with E-state index in [4.69, 9.17) is 27.9 Å². The fraction of sp³-hybridized carbons (Fsp3) is 0.647. The summed E-state index contributed by atoms with van der Waals surface area (Å²) in [6.07, 6.45) is 7.95. The van der Waals surface area contributed by atoms with E-state index in [9.17, 15) is 0 Å². The average molecular weight is 328 g/mol. The molecule has 21 heavy (non-hydrogen) atoms. The Morgan fingerprint density at radius 3 is 2.33 bits per heavy atom. The van der Waals surface area contributed by atoms with Crippen LogP contribution in [-0.4, -0.2) is 19.2 Å². The van der Waals surface area contributed by atoms with Crippen LogP contribution in [0.2, 0.25) is 10.0 Å². The zero-order valence-corrected chi connectivity index (χ0v) is 13.8. The number of benzene rings is 1. The van der Waals surface area contributed by atoms with Gasteiger partial charge in [-0.2, -0.15) is 0 Å². The van der Waals surface area contributed by atoms with Crippen LogP contribution >= 0.6 is 23.2 Å². The molecule has 2 atom stereocenters. The van der Waals surface area contributed by atoms with Crippen molar-refractivity contribution in [2.45, 2.75) is 44.6 Å². The minimum Gasteiger partial charge on any atom is -0.487 e. The summed E-state index contributed by atoms with van der Waals surface area (Å²) in [7, 11) is 0. The van der Waals surface area contributed by atoms with Crippen LogP contribution in [0.3, 0.4) is 0 Å². The molecule has 1 saturated carbocycles. The molecular weight excluding hydrogens is 305 g/mol. The quantitative estimate of drug-likeness (QED) is 0.846. The summed E-state index contributed by atoms with van der Waals surface area (Å²) in [6, 6.07) is 5.57. The zero-order valence-electron chi connectivity index (χ0n) is 12.3. The highest BCUT2D eigenvalue weighted by Crippen LogP contribution is 2.39. The number of hydrogen-bond acceptors (Lipinski definition) is 2. The van der Waals surface area contributed by atoms with Crippen molar-refractivity contribution < 1.29 is 4.74 Å². The first-order chi connectivity index (χ1) is 10.3. The molecule has 2 nitrogen and oxygen atoms in total. The SMILES string of the molecule is Clc1cccc(Cl)c1O[C@@H](C1CCCCC1)C1CCNC1. The molecule has 1 N–H and O–H groups in total. The molecule has 3 rings (SSSR count). The smallest absolute Gasteiger partial charge is 0.156 e. The molecule has 0 spiro atoms. The molecule has 2 aliphatic rings. The van der Waals surface area contributed by atoms with Gasteiger partial charge in [-0.15, -0.1) is 0 Å². The zero-order chi connectivity index (χ0) is 14.7. The van der Waals surface area contributed by atoms with Crippen molar-refractivity contribution >= 4 is 23.2 Å². The van der Waals surface area contributed by atoms with Crippen LogP contribution in [0.25, 0.3) is 0 Å². The van der Waals surface area contributed by atoms with Gasteiger partial charge in [-0.25, -0.2) is 0 Å². The lowest BCUT2D eigenvalue weighted by Crippen LogP contribution is -2.37. The Morgan fingerprint density at radius 2 is 1.71 bits per heavy atom. The van der Waals surface area contributed by atoms with Gasteiger partial charge in [-0.1, -0.05) is 48.5 Å². The van der Waals surface area contributed by atoms with Crippen molar-refractivity contribution in [1.29, 1.82) is 0 Å². The molecule has 0 aromatic heterocycles. The highest BCUT2D eigenvalue weighted by molar-refractivity contribution is 6.37. The number of rotatable bonds is 4. The fourth-order valence-electron chi connectivity index (χ4n) is 3.73. The molecule has 2 fully saturated rings. The van der Waals surface area contributed by atoms with Crippen LogP contribution < -0.4 is 10.1 Å². The third-order valence-corrected chi connectivity index (χ3v) is 5.45. The van der Waals surface area contributed by atoms with Crippen molar-refractivity contribution in [3.05, 3.63) is 28.2 Å². The summed E-state index contributed by atoms with van der Waals surface area (Å²) in [5, 5.41) is 4.70. The second-order valence-corrected chi connectivity index (χ2v) is 7.10. The van der Waals surface area contributed by atoms with Gasteiger partial charge in [-0.3, -0.25) is 0 Å². The minimum absolute atomic E-state index is 0.234. The molecule has 1 saturated heterocycles. The Bertz CT molecular complexity index is 448. The van der Waals surface area contributed by atoms with Crippen molar-refractivity contribution in [2.75, 3.05) is 13.1 Å². The van der Waals surface area contributed by atoms with Crippen molar-refractivity contribution in [1.82, 2.24) is 5.32 Å². The van der Waals surface area contributed by atoms with Gasteiger partial charge in [0.05, 0.1) is 10.0 Å². The predicted molar refractivity (Wildman–Crippen MR) is 88.4 cm³/mol. The summed E-state index contributed by atoms with van der Waals surface area (Å²) in [5.41, 5.74) is 0. The summed E-state index contributed by atoms with van der Waals surface area (Å²) in [6.45, 7) is 2.14. The van der Waals surface area contributed by atoms with Gasteiger partial charge < -0.3 is 10.1 Å². The first-order valence-electron chi connectivity index (χ1n) is 8.07. The second-order valence-electron chi connectivity index (χ2n) is 6.28. The molecule has 1 aliphatic carbocycles. The van der Waals surface area contributed by atoms with Crippen LogP contribution in [0.4, 0.5) is 0 Å². The number of para-hydroxylation sites is 1. The number of ether oxygens (including phenoxy) is 1. The maximum Gasteiger partial charge on any atom is 0.156 e. The highest BCUT2D eigenvalue weighted by atomic mass is 35.5. The first kappa shape index (κ1) is 15.5. The van der Waals surface area contributed by atoms with Gasteiger partial charge in [0.25, 0.3) is 0 Å². The van der Waals surface area contributed by atoms with Gasteiger partial charge in [0, 0.05) is 12.5 Å². The fourth-order valence-corrected chi connectivity index (χ4v) is 4.22. The molecular formula is C17H23Cl2NO. The molecule has 0 amide bonds. The van der Waals surface area contributed by atoms with Gasteiger partial charge in [0.1, 0.15) is 6.10 Å². The standard InChI is InChI=1S/C17H23Cl2NO/c18-14-7-4-8-15(19)17(14)21-16(13-9-10-20-11-13)12-5-2-1-3-6-12/h4,7-8,12-13,16,20H,1-3,5-6,9-11H2/t13?,16-/m0/s1. The van der Waals surface area contributed by atoms with Crippen molar-refractivity contribution in [3.8, 4) is 5.75 Å². The summed E-state index contributed by atoms with van der Waals surface area (Å²) in [5.74, 6) is 1.87. The lowest BCUT2D eigenvalue weighted by Gasteiger charge is -2.34.